The molecule has 330 valence electrons. The van der Waals surface area contributed by atoms with Crippen molar-refractivity contribution < 1.29 is 59.6 Å². The number of hydrogen-bond donors (Lipinski definition) is 2. The third-order valence-corrected chi connectivity index (χ3v) is 10.6. The molecule has 2 atom stereocenters. The van der Waals surface area contributed by atoms with Gasteiger partial charge in [-0.1, -0.05) is 94.4 Å². The molecular weight excluding hydrogens is 823 g/mol. The van der Waals surface area contributed by atoms with Gasteiger partial charge in [0, 0.05) is 35.1 Å². The lowest BCUT2D eigenvalue weighted by atomic mass is 9.72. The predicted octanol–water partition coefficient (Wildman–Crippen LogP) is 11.2. The van der Waals surface area contributed by atoms with Crippen molar-refractivity contribution in [1.82, 2.24) is 0 Å². The van der Waals surface area contributed by atoms with Gasteiger partial charge in [-0.15, -0.1) is 0 Å². The van der Waals surface area contributed by atoms with Crippen LogP contribution in [0.1, 0.15) is 84.3 Å². The number of methoxy groups -OCH3 is 2. The molecule has 0 saturated carbocycles. The molecule has 0 aromatic heterocycles. The average Bonchev–Trinajstić information content (AvgIpc) is 3.20. The van der Waals surface area contributed by atoms with E-state index in [4.69, 9.17) is 14.7 Å². The molecule has 0 spiro atoms. The number of carbonyl (C=O) groups is 1. The van der Waals surface area contributed by atoms with Crippen LogP contribution in [-0.4, -0.2) is 53.8 Å². The highest BCUT2D eigenvalue weighted by Crippen LogP contribution is 2.47. The molecule has 0 fully saturated rings. The lowest BCUT2D eigenvalue weighted by Crippen LogP contribution is -2.50. The SMILES string of the molecule is COc1ccc(F)cc1C(C)(C)CC(O)(Cc1ccc(C#N)cc1)C(F)(F)F.COc1ccc(F)cc1C(C)(C)CC(O)(Cc1ccc(C(=O)c2ccccc2)cc1)C(F)(F)F. The fraction of sp³-hybridized carbons (Fsp3) is 0.333. The first-order valence-corrected chi connectivity index (χ1v) is 19.2. The van der Waals surface area contributed by atoms with Gasteiger partial charge in [-0.2, -0.15) is 31.6 Å². The predicted molar refractivity (Wildman–Crippen MR) is 218 cm³/mol. The van der Waals surface area contributed by atoms with Crippen LogP contribution < -0.4 is 9.47 Å². The molecule has 0 aliphatic carbocycles. The van der Waals surface area contributed by atoms with E-state index in [1.54, 1.807) is 30.3 Å². The first-order chi connectivity index (χ1) is 28.8. The molecule has 0 bridgehead atoms. The normalized spacial score (nSPS) is 14.0. The van der Waals surface area contributed by atoms with E-state index < -0.39 is 71.7 Å². The van der Waals surface area contributed by atoms with Crippen LogP contribution in [0.3, 0.4) is 0 Å². The van der Waals surface area contributed by atoms with Gasteiger partial charge in [-0.25, -0.2) is 8.78 Å². The molecule has 62 heavy (non-hydrogen) atoms. The Morgan fingerprint density at radius 1 is 0.581 bits per heavy atom. The standard InChI is InChI=1S/C27H26F4O3.C21H21F4NO2/c1-25(2,22-15-21(28)13-14-23(22)34-3)17-26(33,27(29,30)31)16-18-9-11-20(12-10-18)24(32)19-7-5-4-6-8-19;1-19(2,17-10-16(22)8-9-18(17)28-3)13-20(27,21(23,24)25)11-14-4-6-15(12-26)7-5-14/h4-15,33H,16-17H2,1-3H3;4-10,27H,11,13H2,1-3H3. The van der Waals surface area contributed by atoms with Crippen molar-refractivity contribution in [1.29, 1.82) is 5.26 Å². The Hall–Kier alpha value is -5.78. The summed E-state index contributed by atoms with van der Waals surface area (Å²) in [6.45, 7) is 6.00. The summed E-state index contributed by atoms with van der Waals surface area (Å²) in [6.07, 6.45) is -12.7. The lowest BCUT2D eigenvalue weighted by Gasteiger charge is -2.38. The zero-order valence-electron chi connectivity index (χ0n) is 34.9. The van der Waals surface area contributed by atoms with E-state index >= 15 is 0 Å². The van der Waals surface area contributed by atoms with E-state index in [9.17, 15) is 50.1 Å². The third kappa shape index (κ3) is 11.8. The first kappa shape index (κ1) is 48.9. The molecule has 2 unspecified atom stereocenters. The summed E-state index contributed by atoms with van der Waals surface area (Å²) in [5.74, 6) is -0.990. The number of hydrogen-bond acceptors (Lipinski definition) is 6. The Morgan fingerprint density at radius 3 is 1.31 bits per heavy atom. The number of alkyl halides is 6. The van der Waals surface area contributed by atoms with E-state index in [1.807, 2.05) is 6.07 Å². The Bertz CT molecular complexity index is 2340. The number of aliphatic hydroxyl groups is 2. The molecule has 5 rings (SSSR count). The molecule has 0 heterocycles. The summed E-state index contributed by atoms with van der Waals surface area (Å²) in [6, 6.07) is 28.9. The highest BCUT2D eigenvalue weighted by Gasteiger charge is 2.57. The fourth-order valence-corrected chi connectivity index (χ4v) is 7.50. The second-order valence-corrected chi connectivity index (χ2v) is 16.4. The van der Waals surface area contributed by atoms with Crippen LogP contribution in [0.5, 0.6) is 11.5 Å². The molecule has 0 aliphatic rings. The molecule has 14 heteroatoms. The van der Waals surface area contributed by atoms with Crippen LogP contribution in [-0.2, 0) is 23.7 Å². The maximum absolute atomic E-state index is 14.1. The number of benzene rings is 5. The molecule has 0 saturated heterocycles. The number of ether oxygens (including phenoxy) is 2. The maximum atomic E-state index is 14.1. The van der Waals surface area contributed by atoms with Crippen LogP contribution in [0.15, 0.2) is 115 Å². The van der Waals surface area contributed by atoms with Crippen LogP contribution in [0.2, 0.25) is 0 Å². The van der Waals surface area contributed by atoms with E-state index in [2.05, 4.69) is 0 Å². The second-order valence-electron chi connectivity index (χ2n) is 16.4. The fourth-order valence-electron chi connectivity index (χ4n) is 7.50. The van der Waals surface area contributed by atoms with Crippen molar-refractivity contribution in [3.05, 3.63) is 166 Å². The number of nitriles is 1. The van der Waals surface area contributed by atoms with Gasteiger partial charge in [0.05, 0.1) is 25.9 Å². The van der Waals surface area contributed by atoms with Gasteiger partial charge in [0.1, 0.15) is 23.1 Å². The Balaban J connectivity index is 0.000000278. The number of nitrogens with zero attached hydrogens (tertiary/aromatic N) is 1. The van der Waals surface area contributed by atoms with E-state index in [1.165, 1.54) is 103 Å². The van der Waals surface area contributed by atoms with E-state index in [0.717, 1.165) is 24.3 Å². The molecule has 0 amide bonds. The van der Waals surface area contributed by atoms with Gasteiger partial charge >= 0.3 is 12.4 Å². The van der Waals surface area contributed by atoms with Gasteiger partial charge in [-0.3, -0.25) is 4.79 Å². The average molecular weight is 870 g/mol. The molecule has 6 nitrogen and oxygen atoms in total. The molecule has 5 aromatic carbocycles. The van der Waals surface area contributed by atoms with E-state index in [0.29, 0.717) is 16.7 Å². The zero-order chi connectivity index (χ0) is 46.3. The summed E-state index contributed by atoms with van der Waals surface area (Å²) in [7, 11) is 2.70. The topological polar surface area (TPSA) is 99.8 Å². The van der Waals surface area contributed by atoms with Crippen molar-refractivity contribution in [2.45, 2.75) is 87.8 Å². The van der Waals surface area contributed by atoms with E-state index in [-0.39, 0.29) is 39.5 Å². The van der Waals surface area contributed by atoms with Crippen LogP contribution in [0.25, 0.3) is 0 Å². The molecule has 0 radical (unpaired) electrons. The zero-order valence-corrected chi connectivity index (χ0v) is 34.9. The van der Waals surface area contributed by atoms with Crippen molar-refractivity contribution in [2.24, 2.45) is 0 Å². The molecule has 0 aliphatic heterocycles. The van der Waals surface area contributed by atoms with Crippen molar-refractivity contribution in [2.75, 3.05) is 14.2 Å². The van der Waals surface area contributed by atoms with Crippen molar-refractivity contribution >= 4 is 5.78 Å². The van der Waals surface area contributed by atoms with Gasteiger partial charge in [0.2, 0.25) is 0 Å². The summed E-state index contributed by atoms with van der Waals surface area (Å²) >= 11 is 0. The van der Waals surface area contributed by atoms with Crippen molar-refractivity contribution in [3.8, 4) is 17.6 Å². The number of carbonyl (C=O) groups excluding carboxylic acids is 1. The summed E-state index contributed by atoms with van der Waals surface area (Å²) in [5.41, 5.74) is -6.66. The second kappa shape index (κ2) is 19.1. The van der Waals surface area contributed by atoms with Crippen LogP contribution in [0.4, 0.5) is 35.1 Å². The smallest absolute Gasteiger partial charge is 0.417 e. The highest BCUT2D eigenvalue weighted by molar-refractivity contribution is 6.08. The summed E-state index contributed by atoms with van der Waals surface area (Å²) in [4.78, 5) is 12.6. The Labute approximate surface area is 355 Å². The maximum Gasteiger partial charge on any atom is 0.417 e. The number of ketones is 1. The molecule has 2 N–H and O–H groups in total. The number of halogens is 8. The van der Waals surface area contributed by atoms with Gasteiger partial charge < -0.3 is 19.7 Å². The summed E-state index contributed by atoms with van der Waals surface area (Å²) in [5, 5.41) is 30.3. The van der Waals surface area contributed by atoms with Crippen LogP contribution in [0, 0.1) is 23.0 Å². The number of rotatable bonds is 14. The molecular formula is C48H47F8NO5. The highest BCUT2D eigenvalue weighted by atomic mass is 19.4. The Kier molecular flexibility index (Phi) is 15.0. The molecule has 5 aromatic rings. The minimum atomic E-state index is -4.96. The largest absolute Gasteiger partial charge is 0.496 e. The van der Waals surface area contributed by atoms with Gasteiger partial charge in [0.25, 0.3) is 0 Å². The minimum absolute atomic E-state index is 0.214. The quantitative estimate of drug-likeness (QED) is 0.0852. The summed E-state index contributed by atoms with van der Waals surface area (Å²) < 4.78 is 122. The van der Waals surface area contributed by atoms with Crippen LogP contribution >= 0.6 is 0 Å². The lowest BCUT2D eigenvalue weighted by molar-refractivity contribution is -0.266. The van der Waals surface area contributed by atoms with Crippen molar-refractivity contribution in [3.63, 3.8) is 0 Å². The monoisotopic (exact) mass is 869 g/mol. The Morgan fingerprint density at radius 2 is 0.952 bits per heavy atom. The minimum Gasteiger partial charge on any atom is -0.496 e. The third-order valence-electron chi connectivity index (χ3n) is 10.6. The first-order valence-electron chi connectivity index (χ1n) is 19.2. The van der Waals surface area contributed by atoms with Gasteiger partial charge in [-0.05, 0) is 83.3 Å². The van der Waals surface area contributed by atoms with Gasteiger partial charge in [0.15, 0.2) is 17.0 Å².